The summed E-state index contributed by atoms with van der Waals surface area (Å²) in [7, 11) is -1.55. The quantitative estimate of drug-likeness (QED) is 0.250. The SMILES string of the molecule is Cc1ccc2cc(-c3ncnc4c3sc3cc(CC(C)(C)C)ccc34)cc([Si](C)(C)C)c2c1. The number of thiophene rings is 1. The third kappa shape index (κ3) is 4.22. The van der Waals surface area contributed by atoms with Crippen molar-refractivity contribution in [1.29, 1.82) is 0 Å². The molecular formula is C29H32N2SSi. The fraction of sp³-hybridized carbons (Fsp3) is 0.310. The van der Waals surface area contributed by atoms with Gasteiger partial charge >= 0.3 is 0 Å². The van der Waals surface area contributed by atoms with Crippen molar-refractivity contribution < 1.29 is 0 Å². The molecule has 3 aromatic carbocycles. The number of benzene rings is 3. The van der Waals surface area contributed by atoms with Crippen molar-refractivity contribution in [3.63, 3.8) is 0 Å². The van der Waals surface area contributed by atoms with Crippen molar-refractivity contribution in [3.8, 4) is 11.3 Å². The highest BCUT2D eigenvalue weighted by atomic mass is 32.1. The molecule has 168 valence electrons. The molecule has 0 amide bonds. The van der Waals surface area contributed by atoms with E-state index in [1.165, 1.54) is 47.4 Å². The van der Waals surface area contributed by atoms with Crippen molar-refractivity contribution in [2.24, 2.45) is 5.41 Å². The van der Waals surface area contributed by atoms with Gasteiger partial charge in [0.2, 0.25) is 0 Å². The third-order valence-corrected chi connectivity index (χ3v) is 9.42. The number of fused-ring (bicyclic) bond motifs is 4. The predicted molar refractivity (Wildman–Crippen MR) is 149 cm³/mol. The highest BCUT2D eigenvalue weighted by Crippen LogP contribution is 2.39. The van der Waals surface area contributed by atoms with Crippen LogP contribution in [0.4, 0.5) is 0 Å². The first-order valence-electron chi connectivity index (χ1n) is 11.7. The topological polar surface area (TPSA) is 25.8 Å². The zero-order valence-corrected chi connectivity index (χ0v) is 22.5. The summed E-state index contributed by atoms with van der Waals surface area (Å²) in [6.07, 6.45) is 2.81. The van der Waals surface area contributed by atoms with Crippen LogP contribution in [0.2, 0.25) is 19.6 Å². The summed E-state index contributed by atoms with van der Waals surface area (Å²) in [5.74, 6) is 0. The van der Waals surface area contributed by atoms with Gasteiger partial charge in [-0.1, -0.05) is 87.6 Å². The minimum Gasteiger partial charge on any atom is -0.235 e. The molecule has 0 radical (unpaired) electrons. The highest BCUT2D eigenvalue weighted by molar-refractivity contribution is 7.26. The van der Waals surface area contributed by atoms with E-state index in [1.807, 2.05) is 11.3 Å². The number of aromatic nitrogens is 2. The van der Waals surface area contributed by atoms with Gasteiger partial charge in [-0.15, -0.1) is 11.3 Å². The lowest BCUT2D eigenvalue weighted by molar-refractivity contribution is 0.411. The molecular weight excluding hydrogens is 436 g/mol. The summed E-state index contributed by atoms with van der Waals surface area (Å²) in [6, 6.07) is 18.4. The van der Waals surface area contributed by atoms with Gasteiger partial charge in [-0.2, -0.15) is 0 Å². The molecule has 0 atom stereocenters. The van der Waals surface area contributed by atoms with Crippen LogP contribution in [-0.2, 0) is 6.42 Å². The van der Waals surface area contributed by atoms with Gasteiger partial charge in [0.25, 0.3) is 0 Å². The summed E-state index contributed by atoms with van der Waals surface area (Å²) in [5, 5.41) is 5.43. The van der Waals surface area contributed by atoms with Gasteiger partial charge < -0.3 is 0 Å². The van der Waals surface area contributed by atoms with E-state index in [0.717, 1.165) is 17.6 Å². The lowest BCUT2D eigenvalue weighted by Crippen LogP contribution is -2.38. The Morgan fingerprint density at radius 3 is 2.39 bits per heavy atom. The van der Waals surface area contributed by atoms with Gasteiger partial charge in [0, 0.05) is 15.6 Å². The third-order valence-electron chi connectivity index (χ3n) is 6.24. The van der Waals surface area contributed by atoms with E-state index in [-0.39, 0.29) is 5.41 Å². The zero-order chi connectivity index (χ0) is 23.5. The molecule has 5 aromatic rings. The Balaban J connectivity index is 1.74. The Morgan fingerprint density at radius 2 is 1.67 bits per heavy atom. The van der Waals surface area contributed by atoms with Gasteiger partial charge in [-0.05, 0) is 47.2 Å². The minimum absolute atomic E-state index is 0.270. The van der Waals surface area contributed by atoms with E-state index in [0.29, 0.717) is 0 Å². The van der Waals surface area contributed by atoms with Crippen LogP contribution < -0.4 is 5.19 Å². The van der Waals surface area contributed by atoms with Crippen LogP contribution in [0.1, 0.15) is 31.9 Å². The molecule has 0 aliphatic heterocycles. The Kier molecular flexibility index (Phi) is 5.22. The molecule has 0 aliphatic carbocycles. The van der Waals surface area contributed by atoms with E-state index in [9.17, 15) is 0 Å². The Labute approximate surface area is 201 Å². The number of hydrogen-bond acceptors (Lipinski definition) is 3. The maximum Gasteiger partial charge on any atom is 0.116 e. The van der Waals surface area contributed by atoms with Crippen LogP contribution in [0.5, 0.6) is 0 Å². The van der Waals surface area contributed by atoms with Crippen molar-refractivity contribution in [1.82, 2.24) is 9.97 Å². The first-order valence-corrected chi connectivity index (χ1v) is 16.0. The number of nitrogens with zero attached hydrogens (tertiary/aromatic N) is 2. The van der Waals surface area contributed by atoms with E-state index in [2.05, 4.69) is 95.9 Å². The van der Waals surface area contributed by atoms with Crippen LogP contribution in [0.3, 0.4) is 0 Å². The molecule has 5 rings (SSSR count). The summed E-state index contributed by atoms with van der Waals surface area (Å²) in [4.78, 5) is 9.53. The monoisotopic (exact) mass is 468 g/mol. The van der Waals surface area contributed by atoms with Gasteiger partial charge in [0.05, 0.1) is 24.0 Å². The van der Waals surface area contributed by atoms with E-state index in [1.54, 1.807) is 6.33 Å². The molecule has 0 aliphatic rings. The lowest BCUT2D eigenvalue weighted by Gasteiger charge is -2.21. The molecule has 2 aromatic heterocycles. The number of hydrogen-bond donors (Lipinski definition) is 0. The Morgan fingerprint density at radius 1 is 0.879 bits per heavy atom. The number of aryl methyl sites for hydroxylation is 1. The molecule has 0 fully saturated rings. The second kappa shape index (κ2) is 7.75. The van der Waals surface area contributed by atoms with Gasteiger partial charge in [0.15, 0.2) is 0 Å². The Hall–Kier alpha value is -2.56. The van der Waals surface area contributed by atoms with Crippen molar-refractivity contribution >= 4 is 55.7 Å². The predicted octanol–water partition coefficient (Wildman–Crippen LogP) is 8.11. The zero-order valence-electron chi connectivity index (χ0n) is 20.7. The van der Waals surface area contributed by atoms with Crippen LogP contribution in [-0.4, -0.2) is 18.0 Å². The lowest BCUT2D eigenvalue weighted by atomic mass is 9.88. The average molecular weight is 469 g/mol. The molecule has 0 saturated carbocycles. The van der Waals surface area contributed by atoms with E-state index >= 15 is 0 Å². The highest BCUT2D eigenvalue weighted by Gasteiger charge is 2.22. The minimum atomic E-state index is -1.55. The fourth-order valence-electron chi connectivity index (χ4n) is 4.78. The molecule has 0 unspecified atom stereocenters. The Bertz CT molecular complexity index is 1520. The van der Waals surface area contributed by atoms with Gasteiger partial charge in [0.1, 0.15) is 6.33 Å². The van der Waals surface area contributed by atoms with E-state index < -0.39 is 8.07 Å². The first kappa shape index (κ1) is 22.2. The molecule has 0 spiro atoms. The molecule has 0 N–H and O–H groups in total. The summed E-state index contributed by atoms with van der Waals surface area (Å²) >= 11 is 1.83. The summed E-state index contributed by atoms with van der Waals surface area (Å²) in [5.41, 5.74) is 6.30. The molecule has 2 nitrogen and oxygen atoms in total. The van der Waals surface area contributed by atoms with Crippen LogP contribution in [0.15, 0.2) is 54.9 Å². The van der Waals surface area contributed by atoms with E-state index in [4.69, 9.17) is 9.97 Å². The largest absolute Gasteiger partial charge is 0.235 e. The maximum absolute atomic E-state index is 4.82. The second-order valence-electron chi connectivity index (χ2n) is 11.6. The smallest absolute Gasteiger partial charge is 0.116 e. The van der Waals surface area contributed by atoms with Gasteiger partial charge in [-0.25, -0.2) is 9.97 Å². The van der Waals surface area contributed by atoms with Crippen LogP contribution in [0, 0.1) is 12.3 Å². The average Bonchev–Trinajstić information content (AvgIpc) is 3.08. The molecule has 0 saturated heterocycles. The summed E-state index contributed by atoms with van der Waals surface area (Å²) in [6.45, 7) is 16.4. The van der Waals surface area contributed by atoms with Crippen molar-refractivity contribution in [3.05, 3.63) is 66.0 Å². The molecule has 0 bridgehead atoms. The standard InChI is InChI=1S/C29H32N2SSi/c1-18-8-10-20-14-21(15-25(23(20)12-18)33(5,6)7)26-28-27(31-17-30-26)22-11-9-19(13-24(22)32-28)16-29(2,3)4/h8-15,17H,16H2,1-7H3. The second-order valence-corrected chi connectivity index (χ2v) is 17.7. The maximum atomic E-state index is 4.82. The summed E-state index contributed by atoms with van der Waals surface area (Å²) < 4.78 is 2.49. The number of rotatable bonds is 3. The molecule has 33 heavy (non-hydrogen) atoms. The van der Waals surface area contributed by atoms with Crippen molar-refractivity contribution in [2.75, 3.05) is 0 Å². The first-order chi connectivity index (χ1) is 15.5. The van der Waals surface area contributed by atoms with Crippen molar-refractivity contribution in [2.45, 2.75) is 53.8 Å². The fourth-order valence-corrected chi connectivity index (χ4v) is 7.62. The van der Waals surface area contributed by atoms with Gasteiger partial charge in [-0.3, -0.25) is 0 Å². The molecule has 4 heteroatoms. The molecule has 2 heterocycles. The van der Waals surface area contributed by atoms with Crippen LogP contribution >= 0.6 is 11.3 Å². The van der Waals surface area contributed by atoms with Crippen LogP contribution in [0.25, 0.3) is 42.3 Å². The normalized spacial score (nSPS) is 12.8.